The Morgan fingerprint density at radius 2 is 2.25 bits per heavy atom. The largest absolute Gasteiger partial charge is 0.478 e. The van der Waals surface area contributed by atoms with E-state index in [2.05, 4.69) is 10.6 Å². The maximum absolute atomic E-state index is 13.9. The molecule has 1 unspecified atom stereocenters. The zero-order chi connectivity index (χ0) is 14.5. The van der Waals surface area contributed by atoms with Crippen molar-refractivity contribution >= 4 is 5.91 Å². The lowest BCUT2D eigenvalue weighted by Crippen LogP contribution is -2.36. The Morgan fingerprint density at radius 1 is 1.50 bits per heavy atom. The fraction of sp³-hybridized carbons (Fsp3) is 0.533. The fourth-order valence-electron chi connectivity index (χ4n) is 1.86. The average Bonchev–Trinajstić information content (AvgIpc) is 3.23. The van der Waals surface area contributed by atoms with Gasteiger partial charge in [0, 0.05) is 19.1 Å². The molecular formula is C15H21FN2O2. The van der Waals surface area contributed by atoms with Gasteiger partial charge in [0.15, 0.2) is 17.7 Å². The van der Waals surface area contributed by atoms with E-state index in [0.717, 1.165) is 5.56 Å². The zero-order valence-electron chi connectivity index (χ0n) is 11.9. The summed E-state index contributed by atoms with van der Waals surface area (Å²) in [5.74, 6) is -0.568. The summed E-state index contributed by atoms with van der Waals surface area (Å²) in [5, 5.41) is 5.96. The quantitative estimate of drug-likeness (QED) is 0.803. The molecule has 4 nitrogen and oxygen atoms in total. The van der Waals surface area contributed by atoms with Crippen LogP contribution < -0.4 is 15.4 Å². The molecule has 0 radical (unpaired) electrons. The van der Waals surface area contributed by atoms with Crippen LogP contribution in [-0.2, 0) is 11.3 Å². The molecule has 0 spiro atoms. The minimum absolute atomic E-state index is 0.110. The van der Waals surface area contributed by atoms with Gasteiger partial charge in [-0.15, -0.1) is 0 Å². The van der Waals surface area contributed by atoms with E-state index in [-0.39, 0.29) is 11.7 Å². The molecule has 0 saturated heterocycles. The number of nitrogens with one attached hydrogen (secondary N) is 2. The topological polar surface area (TPSA) is 50.4 Å². The number of halogens is 1. The predicted octanol–water partition coefficient (Wildman–Crippen LogP) is 1.98. The maximum atomic E-state index is 13.9. The number of likely N-dealkylation sites (N-methyl/N-ethyl adjacent to an activating group) is 1. The van der Waals surface area contributed by atoms with E-state index < -0.39 is 11.9 Å². The highest BCUT2D eigenvalue weighted by Crippen LogP contribution is 2.22. The minimum atomic E-state index is -0.708. The second-order valence-corrected chi connectivity index (χ2v) is 5.07. The van der Waals surface area contributed by atoms with Gasteiger partial charge in [0.1, 0.15) is 0 Å². The molecule has 20 heavy (non-hydrogen) atoms. The zero-order valence-corrected chi connectivity index (χ0v) is 11.9. The lowest BCUT2D eigenvalue weighted by Gasteiger charge is -2.15. The van der Waals surface area contributed by atoms with Crippen molar-refractivity contribution in [2.45, 2.75) is 45.4 Å². The summed E-state index contributed by atoms with van der Waals surface area (Å²) >= 11 is 0. The minimum Gasteiger partial charge on any atom is -0.478 e. The van der Waals surface area contributed by atoms with Crippen molar-refractivity contribution in [2.75, 3.05) is 6.54 Å². The van der Waals surface area contributed by atoms with Crippen molar-refractivity contribution in [1.82, 2.24) is 10.6 Å². The molecule has 1 amide bonds. The highest BCUT2D eigenvalue weighted by atomic mass is 19.1. The number of rotatable bonds is 7. The van der Waals surface area contributed by atoms with E-state index in [1.54, 1.807) is 13.0 Å². The van der Waals surface area contributed by atoms with Gasteiger partial charge in [-0.2, -0.15) is 0 Å². The summed E-state index contributed by atoms with van der Waals surface area (Å²) < 4.78 is 19.3. The standard InChI is InChI=1S/C15H21FN2O2/c1-3-17-15(19)10(2)20-14-7-4-11(8-13(14)16)9-18-12-5-6-12/h4,7-8,10,12,18H,3,5-6,9H2,1-2H3,(H,17,19). The lowest BCUT2D eigenvalue weighted by molar-refractivity contribution is -0.127. The molecule has 1 saturated carbocycles. The predicted molar refractivity (Wildman–Crippen MR) is 75.0 cm³/mol. The second-order valence-electron chi connectivity index (χ2n) is 5.07. The Labute approximate surface area is 118 Å². The molecule has 2 N–H and O–H groups in total. The number of hydrogen-bond acceptors (Lipinski definition) is 3. The Balaban J connectivity index is 1.92. The number of benzene rings is 1. The van der Waals surface area contributed by atoms with Gasteiger partial charge >= 0.3 is 0 Å². The van der Waals surface area contributed by atoms with E-state index in [9.17, 15) is 9.18 Å². The molecule has 1 aliphatic rings. The number of hydrogen-bond donors (Lipinski definition) is 2. The molecule has 0 aliphatic heterocycles. The van der Waals surface area contributed by atoms with E-state index in [1.165, 1.54) is 18.9 Å². The number of carbonyl (C=O) groups is 1. The van der Waals surface area contributed by atoms with Crippen LogP contribution in [0.4, 0.5) is 4.39 Å². The molecule has 5 heteroatoms. The summed E-state index contributed by atoms with van der Waals surface area (Å²) in [5.41, 5.74) is 0.882. The van der Waals surface area contributed by atoms with Crippen molar-refractivity contribution in [3.05, 3.63) is 29.6 Å². The van der Waals surface area contributed by atoms with Crippen molar-refractivity contribution in [1.29, 1.82) is 0 Å². The van der Waals surface area contributed by atoms with E-state index in [0.29, 0.717) is 19.1 Å². The first-order valence-corrected chi connectivity index (χ1v) is 7.06. The summed E-state index contributed by atoms with van der Waals surface area (Å²) in [7, 11) is 0. The van der Waals surface area contributed by atoms with E-state index >= 15 is 0 Å². The monoisotopic (exact) mass is 280 g/mol. The van der Waals surface area contributed by atoms with Gasteiger partial charge in [-0.25, -0.2) is 4.39 Å². The molecule has 1 aromatic carbocycles. The Hall–Kier alpha value is -1.62. The first-order valence-electron chi connectivity index (χ1n) is 7.06. The van der Waals surface area contributed by atoms with Gasteiger partial charge < -0.3 is 15.4 Å². The van der Waals surface area contributed by atoms with Crippen molar-refractivity contribution in [3.63, 3.8) is 0 Å². The third kappa shape index (κ3) is 4.20. The van der Waals surface area contributed by atoms with Crippen LogP contribution in [0, 0.1) is 5.82 Å². The normalized spacial score (nSPS) is 15.8. The molecule has 1 aliphatic carbocycles. The van der Waals surface area contributed by atoms with Crippen LogP contribution in [0.3, 0.4) is 0 Å². The summed E-state index contributed by atoms with van der Waals surface area (Å²) in [6.45, 7) is 4.62. The summed E-state index contributed by atoms with van der Waals surface area (Å²) in [6, 6.07) is 5.44. The first-order chi connectivity index (χ1) is 9.60. The Morgan fingerprint density at radius 3 is 2.85 bits per heavy atom. The molecule has 0 bridgehead atoms. The molecule has 1 atom stereocenters. The first kappa shape index (κ1) is 14.8. The van der Waals surface area contributed by atoms with Crippen LogP contribution in [0.2, 0.25) is 0 Å². The van der Waals surface area contributed by atoms with Crippen LogP contribution in [0.25, 0.3) is 0 Å². The molecule has 1 aromatic rings. The molecule has 0 heterocycles. The van der Waals surface area contributed by atoms with Crippen LogP contribution in [0.5, 0.6) is 5.75 Å². The van der Waals surface area contributed by atoms with E-state index in [1.807, 2.05) is 13.0 Å². The van der Waals surface area contributed by atoms with Crippen LogP contribution in [0.15, 0.2) is 18.2 Å². The average molecular weight is 280 g/mol. The van der Waals surface area contributed by atoms with Crippen LogP contribution in [0.1, 0.15) is 32.3 Å². The second kappa shape index (κ2) is 6.70. The van der Waals surface area contributed by atoms with Gasteiger partial charge in [0.25, 0.3) is 5.91 Å². The third-order valence-electron chi connectivity index (χ3n) is 3.19. The van der Waals surface area contributed by atoms with Gasteiger partial charge in [0.2, 0.25) is 0 Å². The van der Waals surface area contributed by atoms with Gasteiger partial charge in [-0.1, -0.05) is 6.07 Å². The molecule has 110 valence electrons. The number of amides is 1. The molecule has 0 aromatic heterocycles. The van der Waals surface area contributed by atoms with Crippen LogP contribution >= 0.6 is 0 Å². The van der Waals surface area contributed by atoms with Crippen molar-refractivity contribution < 1.29 is 13.9 Å². The fourth-order valence-corrected chi connectivity index (χ4v) is 1.86. The van der Waals surface area contributed by atoms with Gasteiger partial charge in [0.05, 0.1) is 0 Å². The smallest absolute Gasteiger partial charge is 0.260 e. The van der Waals surface area contributed by atoms with Gasteiger partial charge in [-0.05, 0) is 44.4 Å². The summed E-state index contributed by atoms with van der Waals surface area (Å²) in [6.07, 6.45) is 1.70. The molecular weight excluding hydrogens is 259 g/mol. The molecule has 1 fully saturated rings. The number of ether oxygens (including phenoxy) is 1. The highest BCUT2D eigenvalue weighted by molar-refractivity contribution is 5.80. The van der Waals surface area contributed by atoms with Gasteiger partial charge in [-0.3, -0.25) is 4.79 Å². The summed E-state index contributed by atoms with van der Waals surface area (Å²) in [4.78, 5) is 11.5. The maximum Gasteiger partial charge on any atom is 0.260 e. The third-order valence-corrected chi connectivity index (χ3v) is 3.19. The highest BCUT2D eigenvalue weighted by Gasteiger charge is 2.20. The van der Waals surface area contributed by atoms with E-state index in [4.69, 9.17) is 4.74 Å². The number of carbonyl (C=O) groups excluding carboxylic acids is 1. The Bertz CT molecular complexity index is 475. The Kier molecular flexibility index (Phi) is 4.95. The van der Waals surface area contributed by atoms with Crippen molar-refractivity contribution in [2.24, 2.45) is 0 Å². The lowest BCUT2D eigenvalue weighted by atomic mass is 10.2. The van der Waals surface area contributed by atoms with Crippen molar-refractivity contribution in [3.8, 4) is 5.75 Å². The molecule has 2 rings (SSSR count). The van der Waals surface area contributed by atoms with Crippen LogP contribution in [-0.4, -0.2) is 24.6 Å². The SMILES string of the molecule is CCNC(=O)C(C)Oc1ccc(CNC2CC2)cc1F.